The Labute approximate surface area is 123 Å². The molecule has 1 N–H and O–H groups in total. The van der Waals surface area contributed by atoms with E-state index in [0.29, 0.717) is 18.0 Å². The van der Waals surface area contributed by atoms with Crippen molar-refractivity contribution < 1.29 is 0 Å². The predicted octanol–water partition coefficient (Wildman–Crippen LogP) is 3.07. The van der Waals surface area contributed by atoms with Crippen molar-refractivity contribution in [2.45, 2.75) is 38.8 Å². The van der Waals surface area contributed by atoms with Crippen LogP contribution in [-0.4, -0.2) is 30.6 Å². The lowest BCUT2D eigenvalue weighted by Crippen LogP contribution is -2.44. The van der Waals surface area contributed by atoms with Gasteiger partial charge >= 0.3 is 0 Å². The number of nitrogens with one attached hydrogen (secondary N) is 1. The molecule has 0 spiro atoms. The highest BCUT2D eigenvalue weighted by Gasteiger charge is 2.23. The molecule has 1 aromatic rings. The maximum Gasteiger partial charge on any atom is 0.0598 e. The van der Waals surface area contributed by atoms with E-state index in [2.05, 4.69) is 60.3 Å². The zero-order valence-corrected chi connectivity index (χ0v) is 12.7. The van der Waals surface area contributed by atoms with E-state index < -0.39 is 0 Å². The molecule has 1 atom stereocenters. The first-order valence-electron chi connectivity index (χ1n) is 7.67. The van der Waals surface area contributed by atoms with Gasteiger partial charge in [0.25, 0.3) is 0 Å². The molecule has 1 fully saturated rings. The van der Waals surface area contributed by atoms with Gasteiger partial charge in [-0.25, -0.2) is 0 Å². The van der Waals surface area contributed by atoms with E-state index >= 15 is 0 Å². The molecule has 1 aliphatic rings. The summed E-state index contributed by atoms with van der Waals surface area (Å²) in [5, 5.41) is 3.86. The van der Waals surface area contributed by atoms with Gasteiger partial charge in [0.15, 0.2) is 0 Å². The van der Waals surface area contributed by atoms with Crippen molar-refractivity contribution >= 4 is 0 Å². The highest BCUT2D eigenvalue weighted by atomic mass is 15.1. The summed E-state index contributed by atoms with van der Waals surface area (Å²) in [5.41, 5.74) is 1.40. The Hall–Kier alpha value is -1.30. The topological polar surface area (TPSA) is 15.3 Å². The van der Waals surface area contributed by atoms with Gasteiger partial charge in [0.05, 0.1) is 6.54 Å². The average molecular weight is 270 g/mol. The van der Waals surface area contributed by atoms with Crippen LogP contribution in [0.2, 0.25) is 0 Å². The average Bonchev–Trinajstić information content (AvgIpc) is 2.47. The summed E-state index contributed by atoms with van der Waals surface area (Å²) >= 11 is 0. The van der Waals surface area contributed by atoms with Crippen molar-refractivity contribution in [3.63, 3.8) is 0 Å². The number of terminal acetylenes is 1. The van der Waals surface area contributed by atoms with Crippen molar-refractivity contribution in [2.75, 3.05) is 19.6 Å². The molecule has 1 aliphatic heterocycles. The van der Waals surface area contributed by atoms with Crippen LogP contribution in [0.5, 0.6) is 0 Å². The summed E-state index contributed by atoms with van der Waals surface area (Å²) in [6, 6.07) is 11.8. The normalized spacial score (nSPS) is 18.9. The summed E-state index contributed by atoms with van der Waals surface area (Å²) in [7, 11) is 0. The van der Waals surface area contributed by atoms with E-state index in [1.807, 2.05) is 0 Å². The van der Waals surface area contributed by atoms with E-state index in [1.54, 1.807) is 0 Å². The van der Waals surface area contributed by atoms with Gasteiger partial charge in [-0.15, -0.1) is 6.42 Å². The SMILES string of the molecule is C#CCN1CCC(NC(c2ccccc2)C(C)C)CC1. The first-order chi connectivity index (χ1) is 9.70. The lowest BCUT2D eigenvalue weighted by atomic mass is 9.93. The highest BCUT2D eigenvalue weighted by Crippen LogP contribution is 2.24. The van der Waals surface area contributed by atoms with Crippen LogP contribution in [0.25, 0.3) is 0 Å². The molecule has 20 heavy (non-hydrogen) atoms. The number of benzene rings is 1. The monoisotopic (exact) mass is 270 g/mol. The standard InChI is InChI=1S/C18H26N2/c1-4-12-20-13-10-17(11-14-20)19-18(15(2)3)16-8-6-5-7-9-16/h1,5-9,15,17-19H,10-14H2,2-3H3. The van der Waals surface area contributed by atoms with E-state index in [0.717, 1.165) is 19.6 Å². The maximum atomic E-state index is 5.38. The Kier molecular flexibility index (Phi) is 5.64. The summed E-state index contributed by atoms with van der Waals surface area (Å²) in [4.78, 5) is 2.37. The van der Waals surface area contributed by atoms with Crippen molar-refractivity contribution in [2.24, 2.45) is 5.92 Å². The molecule has 2 rings (SSSR count). The third kappa shape index (κ3) is 4.10. The van der Waals surface area contributed by atoms with Crippen LogP contribution in [0.15, 0.2) is 30.3 Å². The van der Waals surface area contributed by atoms with E-state index in [-0.39, 0.29) is 0 Å². The molecule has 108 valence electrons. The molecule has 1 aromatic carbocycles. The minimum Gasteiger partial charge on any atom is -0.307 e. The molecular weight excluding hydrogens is 244 g/mol. The van der Waals surface area contributed by atoms with Gasteiger partial charge in [0, 0.05) is 25.2 Å². The fourth-order valence-corrected chi connectivity index (χ4v) is 2.97. The van der Waals surface area contributed by atoms with Crippen LogP contribution < -0.4 is 5.32 Å². The number of rotatable bonds is 5. The Morgan fingerprint density at radius 1 is 1.25 bits per heavy atom. The number of piperidine rings is 1. The quantitative estimate of drug-likeness (QED) is 0.827. The zero-order chi connectivity index (χ0) is 14.4. The largest absolute Gasteiger partial charge is 0.307 e. The lowest BCUT2D eigenvalue weighted by molar-refractivity contribution is 0.201. The molecule has 0 aromatic heterocycles. The molecule has 0 saturated carbocycles. The first kappa shape index (κ1) is 15.1. The van der Waals surface area contributed by atoms with Crippen molar-refractivity contribution in [1.29, 1.82) is 0 Å². The minimum absolute atomic E-state index is 0.445. The van der Waals surface area contributed by atoms with Crippen LogP contribution >= 0.6 is 0 Å². The highest BCUT2D eigenvalue weighted by molar-refractivity contribution is 5.19. The van der Waals surface area contributed by atoms with Crippen LogP contribution in [0, 0.1) is 18.3 Å². The zero-order valence-electron chi connectivity index (χ0n) is 12.7. The minimum atomic E-state index is 0.445. The molecular formula is C18H26N2. The third-order valence-electron chi connectivity index (χ3n) is 4.14. The molecule has 0 aliphatic carbocycles. The smallest absolute Gasteiger partial charge is 0.0598 e. The van der Waals surface area contributed by atoms with E-state index in [9.17, 15) is 0 Å². The van der Waals surface area contributed by atoms with Crippen molar-refractivity contribution in [1.82, 2.24) is 10.2 Å². The molecule has 1 heterocycles. The number of hydrogen-bond donors (Lipinski definition) is 1. The first-order valence-corrected chi connectivity index (χ1v) is 7.67. The molecule has 0 radical (unpaired) electrons. The fraction of sp³-hybridized carbons (Fsp3) is 0.556. The van der Waals surface area contributed by atoms with Crippen molar-refractivity contribution in [3.8, 4) is 12.3 Å². The molecule has 0 amide bonds. The van der Waals surface area contributed by atoms with Crippen LogP contribution in [0.3, 0.4) is 0 Å². The summed E-state index contributed by atoms with van der Waals surface area (Å²) < 4.78 is 0. The molecule has 1 saturated heterocycles. The van der Waals surface area contributed by atoms with Crippen molar-refractivity contribution in [3.05, 3.63) is 35.9 Å². The second-order valence-electron chi connectivity index (χ2n) is 6.05. The summed E-state index contributed by atoms with van der Waals surface area (Å²) in [6.07, 6.45) is 7.77. The lowest BCUT2D eigenvalue weighted by Gasteiger charge is -2.35. The molecule has 2 heteroatoms. The van der Waals surface area contributed by atoms with Crippen LogP contribution in [-0.2, 0) is 0 Å². The predicted molar refractivity (Wildman–Crippen MR) is 85.5 cm³/mol. The third-order valence-corrected chi connectivity index (χ3v) is 4.14. The second kappa shape index (κ2) is 7.47. The molecule has 0 bridgehead atoms. The Balaban J connectivity index is 1.92. The Morgan fingerprint density at radius 2 is 1.90 bits per heavy atom. The summed E-state index contributed by atoms with van der Waals surface area (Å²) in [5.74, 6) is 3.34. The summed E-state index contributed by atoms with van der Waals surface area (Å²) in [6.45, 7) is 7.60. The van der Waals surface area contributed by atoms with Crippen LogP contribution in [0.1, 0.15) is 38.3 Å². The van der Waals surface area contributed by atoms with Crippen LogP contribution in [0.4, 0.5) is 0 Å². The van der Waals surface area contributed by atoms with Gasteiger partial charge in [0.2, 0.25) is 0 Å². The second-order valence-corrected chi connectivity index (χ2v) is 6.05. The Bertz CT molecular complexity index is 424. The number of nitrogens with zero attached hydrogens (tertiary/aromatic N) is 1. The fourth-order valence-electron chi connectivity index (χ4n) is 2.97. The Morgan fingerprint density at radius 3 is 2.45 bits per heavy atom. The number of likely N-dealkylation sites (tertiary alicyclic amines) is 1. The van der Waals surface area contributed by atoms with Gasteiger partial charge in [-0.2, -0.15) is 0 Å². The van der Waals surface area contributed by atoms with Gasteiger partial charge in [0.1, 0.15) is 0 Å². The van der Waals surface area contributed by atoms with Gasteiger partial charge < -0.3 is 5.32 Å². The van der Waals surface area contributed by atoms with Gasteiger partial charge in [-0.1, -0.05) is 50.1 Å². The maximum absolute atomic E-state index is 5.38. The number of hydrogen-bond acceptors (Lipinski definition) is 2. The van der Waals surface area contributed by atoms with Gasteiger partial charge in [-0.05, 0) is 24.3 Å². The van der Waals surface area contributed by atoms with Gasteiger partial charge in [-0.3, -0.25) is 4.90 Å². The van der Waals surface area contributed by atoms with E-state index in [4.69, 9.17) is 6.42 Å². The molecule has 1 unspecified atom stereocenters. The van der Waals surface area contributed by atoms with E-state index in [1.165, 1.54) is 18.4 Å². The molecule has 2 nitrogen and oxygen atoms in total.